The van der Waals surface area contributed by atoms with Gasteiger partial charge in [-0.2, -0.15) is 11.8 Å². The van der Waals surface area contributed by atoms with E-state index in [0.29, 0.717) is 11.2 Å². The van der Waals surface area contributed by atoms with E-state index in [9.17, 15) is 0 Å². The Hall–Kier alpha value is -0.410. The third-order valence-corrected chi connectivity index (χ3v) is 3.37. The fraction of sp³-hybridized carbons (Fsp3) is 0.545. The molecule has 0 radical (unpaired) electrons. The lowest BCUT2D eigenvalue weighted by atomic mass is 10.2. The molecule has 0 amide bonds. The highest BCUT2D eigenvalue weighted by molar-refractivity contribution is 7.98. The second-order valence-corrected chi connectivity index (χ2v) is 4.95. The van der Waals surface area contributed by atoms with Gasteiger partial charge in [-0.15, -0.1) is 0 Å². The molecule has 0 aliphatic rings. The molecule has 4 heteroatoms. The molecular weight excluding hydrogens is 228 g/mol. The van der Waals surface area contributed by atoms with Crippen LogP contribution in [0, 0.1) is 0 Å². The van der Waals surface area contributed by atoms with E-state index in [1.807, 2.05) is 23.9 Å². The van der Waals surface area contributed by atoms with Gasteiger partial charge in [-0.25, -0.2) is 4.98 Å². The van der Waals surface area contributed by atoms with Gasteiger partial charge in [0.15, 0.2) is 0 Å². The van der Waals surface area contributed by atoms with Crippen molar-refractivity contribution in [3.05, 3.63) is 23.5 Å². The lowest BCUT2D eigenvalue weighted by Gasteiger charge is -2.26. The molecule has 84 valence electrons. The number of anilines is 1. The standard InChI is InChI=1S/C11H17ClN2S/c1-9(5-7-15-3)14(2)10-4-6-13-11(12)8-10/h4,6,8-9H,5,7H2,1-3H3. The number of pyridine rings is 1. The maximum absolute atomic E-state index is 5.86. The van der Waals surface area contributed by atoms with Gasteiger partial charge in [0.05, 0.1) is 0 Å². The summed E-state index contributed by atoms with van der Waals surface area (Å²) >= 11 is 7.74. The maximum Gasteiger partial charge on any atom is 0.131 e. The number of hydrogen-bond acceptors (Lipinski definition) is 3. The van der Waals surface area contributed by atoms with E-state index in [1.165, 1.54) is 12.2 Å². The van der Waals surface area contributed by atoms with Crippen molar-refractivity contribution in [2.75, 3.05) is 24.0 Å². The van der Waals surface area contributed by atoms with Crippen molar-refractivity contribution >= 4 is 29.1 Å². The minimum absolute atomic E-state index is 0.524. The van der Waals surface area contributed by atoms with Gasteiger partial charge >= 0.3 is 0 Å². The molecule has 0 fully saturated rings. The predicted molar refractivity (Wildman–Crippen MR) is 70.1 cm³/mol. The summed E-state index contributed by atoms with van der Waals surface area (Å²) in [4.78, 5) is 6.22. The Balaban J connectivity index is 2.62. The Labute approximate surface area is 101 Å². The number of thioether (sulfide) groups is 1. The highest BCUT2D eigenvalue weighted by Gasteiger charge is 2.09. The van der Waals surface area contributed by atoms with Gasteiger partial charge in [0.1, 0.15) is 5.15 Å². The van der Waals surface area contributed by atoms with E-state index >= 15 is 0 Å². The molecule has 0 N–H and O–H groups in total. The molecule has 1 aromatic rings. The molecule has 2 nitrogen and oxygen atoms in total. The third kappa shape index (κ3) is 3.92. The van der Waals surface area contributed by atoms with E-state index in [0.717, 1.165) is 5.69 Å². The van der Waals surface area contributed by atoms with Crippen molar-refractivity contribution in [2.45, 2.75) is 19.4 Å². The summed E-state index contributed by atoms with van der Waals surface area (Å²) in [5.74, 6) is 1.18. The lowest BCUT2D eigenvalue weighted by molar-refractivity contribution is 0.669. The molecule has 0 aromatic carbocycles. The van der Waals surface area contributed by atoms with E-state index in [4.69, 9.17) is 11.6 Å². The van der Waals surface area contributed by atoms with Crippen LogP contribution in [0.1, 0.15) is 13.3 Å². The van der Waals surface area contributed by atoms with Crippen molar-refractivity contribution in [3.63, 3.8) is 0 Å². The fourth-order valence-corrected chi connectivity index (χ4v) is 2.09. The van der Waals surface area contributed by atoms with Gasteiger partial charge in [0.2, 0.25) is 0 Å². The topological polar surface area (TPSA) is 16.1 Å². The van der Waals surface area contributed by atoms with Gasteiger partial charge in [0.25, 0.3) is 0 Å². The Kier molecular flexibility index (Phi) is 5.26. The van der Waals surface area contributed by atoms with E-state index in [1.54, 1.807) is 6.20 Å². The Morgan fingerprint density at radius 1 is 1.60 bits per heavy atom. The average Bonchev–Trinajstić information content (AvgIpc) is 2.24. The first-order chi connectivity index (χ1) is 7.15. The second-order valence-electron chi connectivity index (χ2n) is 3.58. The van der Waals surface area contributed by atoms with Crippen LogP contribution in [-0.2, 0) is 0 Å². The molecule has 1 rings (SSSR count). The Bertz CT molecular complexity index is 306. The Morgan fingerprint density at radius 3 is 2.93 bits per heavy atom. The van der Waals surface area contributed by atoms with Crippen molar-refractivity contribution < 1.29 is 0 Å². The summed E-state index contributed by atoms with van der Waals surface area (Å²) in [5.41, 5.74) is 1.13. The van der Waals surface area contributed by atoms with Gasteiger partial charge in [-0.05, 0) is 37.5 Å². The summed E-state index contributed by atoms with van der Waals surface area (Å²) in [6, 6.07) is 4.41. The number of hydrogen-bond donors (Lipinski definition) is 0. The molecule has 1 heterocycles. The molecule has 0 bridgehead atoms. The third-order valence-electron chi connectivity index (χ3n) is 2.52. The smallest absolute Gasteiger partial charge is 0.131 e. The summed E-state index contributed by atoms with van der Waals surface area (Å²) in [6.45, 7) is 2.23. The molecule has 1 atom stereocenters. The maximum atomic E-state index is 5.86. The van der Waals surface area contributed by atoms with Gasteiger partial charge in [0, 0.05) is 25.0 Å². The largest absolute Gasteiger partial charge is 0.372 e. The zero-order valence-electron chi connectivity index (χ0n) is 9.40. The van der Waals surface area contributed by atoms with Crippen LogP contribution in [0.5, 0.6) is 0 Å². The molecule has 15 heavy (non-hydrogen) atoms. The molecule has 0 aliphatic carbocycles. The SMILES string of the molecule is CSCCC(C)N(C)c1ccnc(Cl)c1. The van der Waals surface area contributed by atoms with Crippen molar-refractivity contribution in [1.82, 2.24) is 4.98 Å². The first-order valence-electron chi connectivity index (χ1n) is 4.98. The quantitative estimate of drug-likeness (QED) is 0.740. The van der Waals surface area contributed by atoms with Crippen LogP contribution in [0.2, 0.25) is 5.15 Å². The van der Waals surface area contributed by atoms with E-state index in [-0.39, 0.29) is 0 Å². The minimum Gasteiger partial charge on any atom is -0.372 e. The van der Waals surface area contributed by atoms with Gasteiger partial charge < -0.3 is 4.90 Å². The average molecular weight is 245 g/mol. The molecule has 1 unspecified atom stereocenters. The Morgan fingerprint density at radius 2 is 2.33 bits per heavy atom. The zero-order chi connectivity index (χ0) is 11.3. The molecule has 0 spiro atoms. The van der Waals surface area contributed by atoms with E-state index in [2.05, 4.69) is 30.1 Å². The number of rotatable bonds is 5. The monoisotopic (exact) mass is 244 g/mol. The first-order valence-corrected chi connectivity index (χ1v) is 6.75. The van der Waals surface area contributed by atoms with Gasteiger partial charge in [-0.3, -0.25) is 0 Å². The molecule has 1 aromatic heterocycles. The van der Waals surface area contributed by atoms with Crippen molar-refractivity contribution in [3.8, 4) is 0 Å². The van der Waals surface area contributed by atoms with Crippen LogP contribution >= 0.6 is 23.4 Å². The lowest BCUT2D eigenvalue weighted by Crippen LogP contribution is -2.29. The first kappa shape index (κ1) is 12.7. The minimum atomic E-state index is 0.524. The van der Waals surface area contributed by atoms with Crippen LogP contribution in [-0.4, -0.2) is 30.1 Å². The molecule has 0 saturated carbocycles. The van der Waals surface area contributed by atoms with Crippen LogP contribution in [0.25, 0.3) is 0 Å². The summed E-state index contributed by atoms with van der Waals surface area (Å²) in [5, 5.41) is 0.552. The van der Waals surface area contributed by atoms with E-state index < -0.39 is 0 Å². The van der Waals surface area contributed by atoms with Crippen molar-refractivity contribution in [1.29, 1.82) is 0 Å². The number of nitrogens with zero attached hydrogens (tertiary/aromatic N) is 2. The number of aromatic nitrogens is 1. The highest BCUT2D eigenvalue weighted by atomic mass is 35.5. The van der Waals surface area contributed by atoms with Gasteiger partial charge in [-0.1, -0.05) is 11.6 Å². The fourth-order valence-electron chi connectivity index (χ4n) is 1.35. The van der Waals surface area contributed by atoms with Crippen LogP contribution in [0.4, 0.5) is 5.69 Å². The zero-order valence-corrected chi connectivity index (χ0v) is 11.0. The number of halogens is 1. The van der Waals surface area contributed by atoms with Crippen LogP contribution < -0.4 is 4.90 Å². The summed E-state index contributed by atoms with van der Waals surface area (Å²) in [7, 11) is 2.09. The van der Waals surface area contributed by atoms with Crippen LogP contribution in [0.3, 0.4) is 0 Å². The summed E-state index contributed by atoms with van der Waals surface area (Å²) < 4.78 is 0. The highest BCUT2D eigenvalue weighted by Crippen LogP contribution is 2.19. The normalized spacial score (nSPS) is 12.5. The van der Waals surface area contributed by atoms with Crippen LogP contribution in [0.15, 0.2) is 18.3 Å². The second kappa shape index (κ2) is 6.23. The molecular formula is C11H17ClN2S. The molecule has 0 saturated heterocycles. The molecule has 0 aliphatic heterocycles. The summed E-state index contributed by atoms with van der Waals surface area (Å²) in [6.07, 6.45) is 5.06. The predicted octanol–water partition coefficient (Wildman–Crippen LogP) is 3.31. The van der Waals surface area contributed by atoms with Crippen molar-refractivity contribution in [2.24, 2.45) is 0 Å².